The molecule has 7 heteroatoms. The van der Waals surface area contributed by atoms with Crippen LogP contribution < -0.4 is 10.5 Å². The number of primary sulfonamides is 1. The molecule has 2 rings (SSSR count). The summed E-state index contributed by atoms with van der Waals surface area (Å²) in [6, 6.07) is 6.22. The Balaban J connectivity index is 1.80. The third kappa shape index (κ3) is 5.40. The average Bonchev–Trinajstić information content (AvgIpc) is 2.73. The lowest BCUT2D eigenvalue weighted by molar-refractivity contribution is -0.122. The zero-order valence-electron chi connectivity index (χ0n) is 12.6. The van der Waals surface area contributed by atoms with E-state index in [0.717, 1.165) is 31.5 Å². The van der Waals surface area contributed by atoms with Crippen LogP contribution in [0.15, 0.2) is 29.2 Å². The number of amides is 1. The van der Waals surface area contributed by atoms with Gasteiger partial charge in [0.05, 0.1) is 11.4 Å². The van der Waals surface area contributed by atoms with Crippen molar-refractivity contribution in [2.45, 2.75) is 37.1 Å². The van der Waals surface area contributed by atoms with Crippen LogP contribution in [0.2, 0.25) is 0 Å². The number of rotatable bonds is 5. The fraction of sp³-hybridized carbons (Fsp3) is 0.533. The highest BCUT2D eigenvalue weighted by Gasteiger charge is 2.13. The van der Waals surface area contributed by atoms with Gasteiger partial charge in [-0.25, -0.2) is 13.6 Å². The first-order valence-corrected chi connectivity index (χ1v) is 9.10. The highest BCUT2D eigenvalue weighted by atomic mass is 32.2. The van der Waals surface area contributed by atoms with Crippen molar-refractivity contribution in [3.8, 4) is 0 Å². The van der Waals surface area contributed by atoms with Crippen LogP contribution in [0.4, 0.5) is 0 Å². The number of nitrogens with one attached hydrogen (secondary N) is 1. The molecule has 0 saturated carbocycles. The summed E-state index contributed by atoms with van der Waals surface area (Å²) in [6.07, 6.45) is 4.80. The maximum absolute atomic E-state index is 12.0. The molecule has 0 spiro atoms. The zero-order valence-corrected chi connectivity index (χ0v) is 13.4. The molecule has 0 aliphatic carbocycles. The molecule has 1 aliphatic heterocycles. The lowest BCUT2D eigenvalue weighted by Gasteiger charge is -2.19. The number of carbonyl (C=O) groups is 1. The quantitative estimate of drug-likeness (QED) is 0.838. The fourth-order valence-electron chi connectivity index (χ4n) is 2.55. The zero-order chi connectivity index (χ0) is 16.0. The molecule has 3 N–H and O–H groups in total. The normalized spacial score (nSPS) is 17.0. The highest BCUT2D eigenvalue weighted by molar-refractivity contribution is 7.89. The molecule has 1 saturated heterocycles. The predicted molar refractivity (Wildman–Crippen MR) is 84.6 cm³/mol. The predicted octanol–water partition coefficient (Wildman–Crippen LogP) is 0.826. The van der Waals surface area contributed by atoms with Gasteiger partial charge in [0.25, 0.3) is 0 Å². The highest BCUT2D eigenvalue weighted by Crippen LogP contribution is 2.10. The topological polar surface area (TPSA) is 92.5 Å². The van der Waals surface area contributed by atoms with Crippen LogP contribution in [0, 0.1) is 0 Å². The molecule has 1 heterocycles. The van der Waals surface area contributed by atoms with Gasteiger partial charge in [0, 0.05) is 6.54 Å². The summed E-state index contributed by atoms with van der Waals surface area (Å²) in [5.41, 5.74) is 0.844. The molecule has 1 aromatic carbocycles. The number of hydrogen-bond donors (Lipinski definition) is 2. The third-order valence-electron chi connectivity index (χ3n) is 3.81. The van der Waals surface area contributed by atoms with Crippen LogP contribution in [0.1, 0.15) is 31.2 Å². The first kappa shape index (κ1) is 16.9. The number of hydrogen-bond acceptors (Lipinski definition) is 4. The lowest BCUT2D eigenvalue weighted by Crippen LogP contribution is -2.37. The van der Waals surface area contributed by atoms with Crippen LogP contribution in [0.3, 0.4) is 0 Å². The Morgan fingerprint density at radius 2 is 1.68 bits per heavy atom. The van der Waals surface area contributed by atoms with Gasteiger partial charge in [0.15, 0.2) is 0 Å². The Kier molecular flexibility index (Phi) is 5.93. The lowest BCUT2D eigenvalue weighted by atomic mass is 10.2. The molecule has 6 nitrogen and oxygen atoms in total. The molecule has 1 amide bonds. The first-order valence-electron chi connectivity index (χ1n) is 7.56. The smallest absolute Gasteiger partial charge is 0.238 e. The number of likely N-dealkylation sites (tertiary alicyclic amines) is 1. The van der Waals surface area contributed by atoms with Gasteiger partial charge in [-0.3, -0.25) is 9.69 Å². The van der Waals surface area contributed by atoms with Crippen LogP contribution in [0.5, 0.6) is 0 Å². The Morgan fingerprint density at radius 1 is 1.09 bits per heavy atom. The van der Waals surface area contributed by atoms with E-state index in [9.17, 15) is 13.2 Å². The summed E-state index contributed by atoms with van der Waals surface area (Å²) >= 11 is 0. The molecule has 1 aromatic rings. The van der Waals surface area contributed by atoms with Gasteiger partial charge in [0.1, 0.15) is 0 Å². The molecular formula is C15H23N3O3S. The Morgan fingerprint density at radius 3 is 2.23 bits per heavy atom. The molecule has 122 valence electrons. The van der Waals surface area contributed by atoms with E-state index in [4.69, 9.17) is 5.14 Å². The summed E-state index contributed by atoms with van der Waals surface area (Å²) < 4.78 is 22.3. The molecule has 0 atom stereocenters. The molecule has 22 heavy (non-hydrogen) atoms. The average molecular weight is 325 g/mol. The standard InChI is InChI=1S/C15H23N3O3S/c16-22(20,21)14-7-5-13(6-8-14)11-17-15(19)12-18-9-3-1-2-4-10-18/h5-8H,1-4,9-12H2,(H,17,19)(H2,16,20,21). The van der Waals surface area contributed by atoms with E-state index in [0.29, 0.717) is 13.1 Å². The molecular weight excluding hydrogens is 302 g/mol. The fourth-order valence-corrected chi connectivity index (χ4v) is 3.07. The SMILES string of the molecule is NS(=O)(=O)c1ccc(CNC(=O)CN2CCCCCC2)cc1. The van der Waals surface area contributed by atoms with Crippen LogP contribution in [-0.2, 0) is 21.4 Å². The Bertz CT molecular complexity index is 591. The van der Waals surface area contributed by atoms with Gasteiger partial charge in [-0.2, -0.15) is 0 Å². The van der Waals surface area contributed by atoms with Gasteiger partial charge in [-0.1, -0.05) is 25.0 Å². The third-order valence-corrected chi connectivity index (χ3v) is 4.74. The number of sulfonamides is 1. The van der Waals surface area contributed by atoms with Crippen molar-refractivity contribution in [3.63, 3.8) is 0 Å². The van der Waals surface area contributed by atoms with E-state index >= 15 is 0 Å². The van der Waals surface area contributed by atoms with Gasteiger partial charge in [0.2, 0.25) is 15.9 Å². The molecule has 0 aromatic heterocycles. The molecule has 1 aliphatic rings. The van der Waals surface area contributed by atoms with Crippen molar-refractivity contribution in [1.82, 2.24) is 10.2 Å². The van der Waals surface area contributed by atoms with Gasteiger partial charge >= 0.3 is 0 Å². The molecule has 0 unspecified atom stereocenters. The number of carbonyl (C=O) groups excluding carboxylic acids is 1. The van der Waals surface area contributed by atoms with Crippen molar-refractivity contribution in [2.75, 3.05) is 19.6 Å². The largest absolute Gasteiger partial charge is 0.351 e. The second-order valence-electron chi connectivity index (χ2n) is 5.66. The minimum absolute atomic E-state index is 0.00239. The van der Waals surface area contributed by atoms with E-state index < -0.39 is 10.0 Å². The summed E-state index contributed by atoms with van der Waals surface area (Å²) in [5.74, 6) is -0.00239. The van der Waals surface area contributed by atoms with Gasteiger partial charge in [-0.05, 0) is 43.6 Å². The summed E-state index contributed by atoms with van der Waals surface area (Å²) in [6.45, 7) is 2.78. The first-order chi connectivity index (χ1) is 10.4. The maximum Gasteiger partial charge on any atom is 0.238 e. The van der Waals surface area contributed by atoms with E-state index in [1.165, 1.54) is 25.0 Å². The van der Waals surface area contributed by atoms with Gasteiger partial charge < -0.3 is 5.32 Å². The van der Waals surface area contributed by atoms with Crippen molar-refractivity contribution in [1.29, 1.82) is 0 Å². The molecule has 1 fully saturated rings. The second-order valence-corrected chi connectivity index (χ2v) is 7.22. The van der Waals surface area contributed by atoms with Crippen molar-refractivity contribution in [3.05, 3.63) is 29.8 Å². The van der Waals surface area contributed by atoms with E-state index in [1.807, 2.05) is 0 Å². The van der Waals surface area contributed by atoms with E-state index in [1.54, 1.807) is 12.1 Å². The van der Waals surface area contributed by atoms with Crippen molar-refractivity contribution >= 4 is 15.9 Å². The minimum atomic E-state index is -3.67. The molecule has 0 radical (unpaired) electrons. The van der Waals surface area contributed by atoms with E-state index in [-0.39, 0.29) is 10.8 Å². The Labute approximate surface area is 131 Å². The van der Waals surface area contributed by atoms with Crippen molar-refractivity contribution in [2.24, 2.45) is 5.14 Å². The Hall–Kier alpha value is -1.44. The number of benzene rings is 1. The van der Waals surface area contributed by atoms with Crippen LogP contribution >= 0.6 is 0 Å². The van der Waals surface area contributed by atoms with Crippen LogP contribution in [0.25, 0.3) is 0 Å². The van der Waals surface area contributed by atoms with Crippen LogP contribution in [-0.4, -0.2) is 38.9 Å². The molecule has 0 bridgehead atoms. The summed E-state index contributed by atoms with van der Waals surface area (Å²) in [4.78, 5) is 14.2. The summed E-state index contributed by atoms with van der Waals surface area (Å²) in [5, 5.41) is 7.91. The monoisotopic (exact) mass is 325 g/mol. The second kappa shape index (κ2) is 7.71. The minimum Gasteiger partial charge on any atom is -0.351 e. The maximum atomic E-state index is 12.0. The van der Waals surface area contributed by atoms with E-state index in [2.05, 4.69) is 10.2 Å². The van der Waals surface area contributed by atoms with Gasteiger partial charge in [-0.15, -0.1) is 0 Å². The summed E-state index contributed by atoms with van der Waals surface area (Å²) in [7, 11) is -3.67. The van der Waals surface area contributed by atoms with Crippen molar-refractivity contribution < 1.29 is 13.2 Å². The number of nitrogens with zero attached hydrogens (tertiary/aromatic N) is 1. The number of nitrogens with two attached hydrogens (primary N) is 1.